The molecule has 1 atom stereocenters. The molecule has 1 aromatic carbocycles. The molecule has 0 saturated carbocycles. The fourth-order valence-electron chi connectivity index (χ4n) is 3.30. The normalized spacial score (nSPS) is 17.0. The summed E-state index contributed by atoms with van der Waals surface area (Å²) in [5, 5.41) is 2.83. The molecule has 1 aliphatic heterocycles. The van der Waals surface area contributed by atoms with Crippen LogP contribution in [0.3, 0.4) is 0 Å². The van der Waals surface area contributed by atoms with E-state index in [-0.39, 0.29) is 11.8 Å². The van der Waals surface area contributed by atoms with Gasteiger partial charge in [0.1, 0.15) is 17.6 Å². The van der Waals surface area contributed by atoms with Crippen LogP contribution >= 0.6 is 0 Å². The van der Waals surface area contributed by atoms with Crippen LogP contribution in [0, 0.1) is 6.92 Å². The van der Waals surface area contributed by atoms with E-state index in [1.54, 1.807) is 17.4 Å². The van der Waals surface area contributed by atoms with Gasteiger partial charge < -0.3 is 20.2 Å². The van der Waals surface area contributed by atoms with Crippen LogP contribution in [-0.2, 0) is 11.2 Å². The lowest BCUT2D eigenvalue weighted by Crippen LogP contribution is -2.58. The topological polar surface area (TPSA) is 107 Å². The Balaban J connectivity index is 1.62. The van der Waals surface area contributed by atoms with Crippen LogP contribution in [-0.4, -0.2) is 55.8 Å². The Labute approximate surface area is 156 Å². The Morgan fingerprint density at radius 1 is 1.30 bits per heavy atom. The molecule has 3 aromatic rings. The highest BCUT2D eigenvalue weighted by atomic mass is 16.2. The van der Waals surface area contributed by atoms with Crippen LogP contribution in [0.25, 0.3) is 11.4 Å². The largest absolute Gasteiger partial charge is 0.353 e. The first-order valence-corrected chi connectivity index (χ1v) is 8.81. The van der Waals surface area contributed by atoms with Gasteiger partial charge in [0, 0.05) is 42.7 Å². The van der Waals surface area contributed by atoms with Gasteiger partial charge in [0.2, 0.25) is 5.91 Å². The zero-order valence-electron chi connectivity index (χ0n) is 14.9. The van der Waals surface area contributed by atoms with E-state index < -0.39 is 6.04 Å². The third kappa shape index (κ3) is 3.33. The molecule has 3 heterocycles. The summed E-state index contributed by atoms with van der Waals surface area (Å²) in [6.07, 6.45) is 3.61. The molecule has 138 valence electrons. The number of aryl methyl sites for hydroxylation is 1. The third-order valence-electron chi connectivity index (χ3n) is 4.69. The minimum Gasteiger partial charge on any atom is -0.353 e. The van der Waals surface area contributed by atoms with E-state index >= 15 is 0 Å². The Hall–Kier alpha value is -3.42. The average Bonchev–Trinajstić information content (AvgIpc) is 3.33. The number of nitrogens with zero attached hydrogens (tertiary/aromatic N) is 3. The SMILES string of the molecule is Cc1[nH]c(-c2ccccc2)nc1C(=O)N1CCNC(=O)[C@H]1Cc1cnc[nH]1. The number of amides is 2. The first-order valence-electron chi connectivity index (χ1n) is 8.81. The lowest BCUT2D eigenvalue weighted by atomic mass is 10.1. The Morgan fingerprint density at radius 3 is 2.85 bits per heavy atom. The van der Waals surface area contributed by atoms with Crippen LogP contribution in [0.2, 0.25) is 0 Å². The summed E-state index contributed by atoms with van der Waals surface area (Å²) in [6, 6.07) is 9.04. The molecule has 8 nitrogen and oxygen atoms in total. The summed E-state index contributed by atoms with van der Waals surface area (Å²) in [7, 11) is 0. The van der Waals surface area contributed by atoms with Gasteiger partial charge in [0.25, 0.3) is 5.91 Å². The van der Waals surface area contributed by atoms with Gasteiger partial charge in [0.15, 0.2) is 0 Å². The molecule has 0 radical (unpaired) electrons. The molecule has 2 aromatic heterocycles. The van der Waals surface area contributed by atoms with Crippen molar-refractivity contribution in [1.29, 1.82) is 0 Å². The van der Waals surface area contributed by atoms with Crippen molar-refractivity contribution in [3.63, 3.8) is 0 Å². The summed E-state index contributed by atoms with van der Waals surface area (Å²) in [6.45, 7) is 2.69. The van der Waals surface area contributed by atoms with Crippen molar-refractivity contribution in [2.75, 3.05) is 13.1 Å². The summed E-state index contributed by atoms with van der Waals surface area (Å²) >= 11 is 0. The zero-order valence-corrected chi connectivity index (χ0v) is 14.9. The van der Waals surface area contributed by atoms with E-state index in [9.17, 15) is 9.59 Å². The molecule has 1 aliphatic rings. The van der Waals surface area contributed by atoms with Gasteiger partial charge in [-0.1, -0.05) is 30.3 Å². The molecule has 0 bridgehead atoms. The van der Waals surface area contributed by atoms with Crippen LogP contribution in [0.15, 0.2) is 42.9 Å². The van der Waals surface area contributed by atoms with E-state index in [2.05, 4.69) is 25.3 Å². The monoisotopic (exact) mass is 364 g/mol. The van der Waals surface area contributed by atoms with E-state index in [4.69, 9.17) is 0 Å². The molecule has 27 heavy (non-hydrogen) atoms. The maximum Gasteiger partial charge on any atom is 0.275 e. The number of aromatic amines is 2. The predicted molar refractivity (Wildman–Crippen MR) is 98.9 cm³/mol. The molecule has 1 fully saturated rings. The van der Waals surface area contributed by atoms with Gasteiger partial charge in [-0.05, 0) is 6.92 Å². The minimum absolute atomic E-state index is 0.166. The highest BCUT2D eigenvalue weighted by molar-refractivity contribution is 5.98. The summed E-state index contributed by atoms with van der Waals surface area (Å²) < 4.78 is 0. The third-order valence-corrected chi connectivity index (χ3v) is 4.69. The predicted octanol–water partition coefficient (Wildman–Crippen LogP) is 1.29. The molecular weight excluding hydrogens is 344 g/mol. The second kappa shape index (κ2) is 7.06. The first kappa shape index (κ1) is 17.0. The maximum absolute atomic E-state index is 13.2. The second-order valence-corrected chi connectivity index (χ2v) is 6.51. The fourth-order valence-corrected chi connectivity index (χ4v) is 3.30. The summed E-state index contributed by atoms with van der Waals surface area (Å²) in [4.78, 5) is 41.9. The van der Waals surface area contributed by atoms with Crippen LogP contribution in [0.1, 0.15) is 21.9 Å². The van der Waals surface area contributed by atoms with E-state index in [0.717, 1.165) is 11.3 Å². The van der Waals surface area contributed by atoms with E-state index in [0.29, 0.717) is 36.7 Å². The molecule has 0 spiro atoms. The van der Waals surface area contributed by atoms with Crippen molar-refractivity contribution in [3.05, 3.63) is 59.9 Å². The van der Waals surface area contributed by atoms with Crippen LogP contribution < -0.4 is 5.32 Å². The fraction of sp³-hybridized carbons (Fsp3) is 0.263. The van der Waals surface area contributed by atoms with Crippen molar-refractivity contribution >= 4 is 11.8 Å². The average molecular weight is 364 g/mol. The smallest absolute Gasteiger partial charge is 0.275 e. The van der Waals surface area contributed by atoms with Gasteiger partial charge >= 0.3 is 0 Å². The summed E-state index contributed by atoms with van der Waals surface area (Å²) in [5.41, 5.74) is 2.74. The Morgan fingerprint density at radius 2 is 2.11 bits per heavy atom. The quantitative estimate of drug-likeness (QED) is 0.648. The number of nitrogens with one attached hydrogen (secondary N) is 3. The number of hydrogen-bond acceptors (Lipinski definition) is 4. The number of rotatable bonds is 4. The van der Waals surface area contributed by atoms with Gasteiger partial charge in [0.05, 0.1) is 6.33 Å². The van der Waals surface area contributed by atoms with E-state index in [1.807, 2.05) is 37.3 Å². The maximum atomic E-state index is 13.2. The number of H-pyrrole nitrogens is 2. The van der Waals surface area contributed by atoms with Gasteiger partial charge in [-0.2, -0.15) is 0 Å². The number of hydrogen-bond donors (Lipinski definition) is 3. The Kier molecular flexibility index (Phi) is 4.45. The van der Waals surface area contributed by atoms with Crippen molar-refractivity contribution < 1.29 is 9.59 Å². The molecule has 2 amide bonds. The molecule has 8 heteroatoms. The second-order valence-electron chi connectivity index (χ2n) is 6.51. The number of benzene rings is 1. The van der Waals surface area contributed by atoms with Crippen LogP contribution in [0.5, 0.6) is 0 Å². The van der Waals surface area contributed by atoms with Gasteiger partial charge in [-0.25, -0.2) is 9.97 Å². The molecule has 1 saturated heterocycles. The lowest BCUT2D eigenvalue weighted by molar-refractivity contribution is -0.127. The van der Waals surface area contributed by atoms with Crippen LogP contribution in [0.4, 0.5) is 0 Å². The molecule has 0 unspecified atom stereocenters. The molecule has 0 aliphatic carbocycles. The highest BCUT2D eigenvalue weighted by Gasteiger charge is 2.35. The van der Waals surface area contributed by atoms with Crippen molar-refractivity contribution in [2.45, 2.75) is 19.4 Å². The first-order chi connectivity index (χ1) is 13.1. The van der Waals surface area contributed by atoms with Gasteiger partial charge in [-0.3, -0.25) is 9.59 Å². The van der Waals surface area contributed by atoms with Crippen molar-refractivity contribution in [1.82, 2.24) is 30.2 Å². The number of piperazine rings is 1. The molecular formula is C19H20N6O2. The highest BCUT2D eigenvalue weighted by Crippen LogP contribution is 2.20. The standard InChI is InChI=1S/C19H20N6O2/c1-12-16(24-17(23-12)13-5-3-2-4-6-13)19(27)25-8-7-21-18(26)15(25)9-14-10-20-11-22-14/h2-6,10-11,15H,7-9H2,1H3,(H,20,22)(H,21,26)(H,23,24)/t15-/m1/s1. The minimum atomic E-state index is -0.594. The lowest BCUT2D eigenvalue weighted by Gasteiger charge is -2.34. The van der Waals surface area contributed by atoms with E-state index in [1.165, 1.54) is 0 Å². The molecule has 3 N–H and O–H groups in total. The zero-order chi connectivity index (χ0) is 18.8. The number of aromatic nitrogens is 4. The number of imidazole rings is 2. The number of carbonyl (C=O) groups excluding carboxylic acids is 2. The van der Waals surface area contributed by atoms with Crippen molar-refractivity contribution in [3.8, 4) is 11.4 Å². The van der Waals surface area contributed by atoms with Crippen molar-refractivity contribution in [2.24, 2.45) is 0 Å². The Bertz CT molecular complexity index is 948. The molecule has 4 rings (SSSR count). The van der Waals surface area contributed by atoms with Gasteiger partial charge in [-0.15, -0.1) is 0 Å². The summed E-state index contributed by atoms with van der Waals surface area (Å²) in [5.74, 6) is 0.231. The number of carbonyl (C=O) groups is 2.